The van der Waals surface area contributed by atoms with Gasteiger partial charge >= 0.3 is 0 Å². The molecule has 1 amide bonds. The summed E-state index contributed by atoms with van der Waals surface area (Å²) in [5.41, 5.74) is 0.490. The number of pyridine rings is 1. The number of nitrogens with zero attached hydrogens (tertiary/aromatic N) is 4. The molecule has 9 heteroatoms. The smallest absolute Gasteiger partial charge is 0.270 e. The SMILES string of the molecule is CNc1nc(N2CCCCCC2)ccc1C(=N)C(=O)NC1CCN(CCN2CCC(F)C2)CC1. The molecule has 0 radical (unpaired) electrons. The van der Waals surface area contributed by atoms with Crippen LogP contribution >= 0.6 is 0 Å². The Bertz CT molecular complexity index is 835. The van der Waals surface area contributed by atoms with Crippen LogP contribution in [0.25, 0.3) is 0 Å². The Morgan fingerprint density at radius 3 is 2.35 bits per heavy atom. The summed E-state index contributed by atoms with van der Waals surface area (Å²) < 4.78 is 13.3. The molecule has 34 heavy (non-hydrogen) atoms. The minimum absolute atomic E-state index is 0.0449. The van der Waals surface area contributed by atoms with Gasteiger partial charge in [-0.15, -0.1) is 0 Å². The largest absolute Gasteiger partial charge is 0.373 e. The lowest BCUT2D eigenvalue weighted by Gasteiger charge is -2.33. The van der Waals surface area contributed by atoms with Gasteiger partial charge in [0, 0.05) is 71.0 Å². The number of rotatable bonds is 8. The van der Waals surface area contributed by atoms with Crippen LogP contribution in [0.1, 0.15) is 50.5 Å². The highest BCUT2D eigenvalue weighted by molar-refractivity contribution is 6.45. The highest BCUT2D eigenvalue weighted by Crippen LogP contribution is 2.23. The van der Waals surface area contributed by atoms with Crippen molar-refractivity contribution in [2.45, 2.75) is 57.2 Å². The van der Waals surface area contributed by atoms with Crippen LogP contribution in [-0.2, 0) is 4.79 Å². The molecule has 188 valence electrons. The first kappa shape index (κ1) is 24.9. The third-order valence-corrected chi connectivity index (χ3v) is 7.41. The van der Waals surface area contributed by atoms with Crippen molar-refractivity contribution in [2.75, 3.05) is 69.6 Å². The molecule has 1 atom stereocenters. The molecule has 0 aliphatic carbocycles. The van der Waals surface area contributed by atoms with Crippen LogP contribution in [0.5, 0.6) is 0 Å². The lowest BCUT2D eigenvalue weighted by atomic mass is 10.0. The van der Waals surface area contributed by atoms with Gasteiger partial charge in [-0.1, -0.05) is 12.8 Å². The molecule has 3 aliphatic rings. The van der Waals surface area contributed by atoms with E-state index in [0.29, 0.717) is 24.3 Å². The van der Waals surface area contributed by atoms with Crippen LogP contribution in [0.2, 0.25) is 0 Å². The molecule has 0 spiro atoms. The first-order chi connectivity index (χ1) is 16.5. The van der Waals surface area contributed by atoms with Crippen LogP contribution < -0.4 is 15.5 Å². The molecule has 1 unspecified atom stereocenters. The quantitative estimate of drug-likeness (QED) is 0.503. The van der Waals surface area contributed by atoms with Crippen LogP contribution in [-0.4, -0.2) is 98.0 Å². The fourth-order valence-electron chi connectivity index (χ4n) is 5.27. The van der Waals surface area contributed by atoms with E-state index < -0.39 is 6.17 Å². The van der Waals surface area contributed by atoms with E-state index >= 15 is 0 Å². The predicted octanol–water partition coefficient (Wildman–Crippen LogP) is 2.50. The average Bonchev–Trinajstić information content (AvgIpc) is 3.09. The Hall–Kier alpha value is -2.26. The summed E-state index contributed by atoms with van der Waals surface area (Å²) in [5, 5.41) is 14.7. The molecule has 4 heterocycles. The van der Waals surface area contributed by atoms with Crippen molar-refractivity contribution in [3.63, 3.8) is 0 Å². The summed E-state index contributed by atoms with van der Waals surface area (Å²) in [4.78, 5) is 24.5. The van der Waals surface area contributed by atoms with E-state index in [-0.39, 0.29) is 17.7 Å². The maximum absolute atomic E-state index is 13.3. The van der Waals surface area contributed by atoms with Crippen molar-refractivity contribution >= 4 is 23.3 Å². The van der Waals surface area contributed by atoms with Gasteiger partial charge in [-0.25, -0.2) is 9.37 Å². The lowest BCUT2D eigenvalue weighted by molar-refractivity contribution is -0.115. The Morgan fingerprint density at radius 2 is 1.71 bits per heavy atom. The fourth-order valence-corrected chi connectivity index (χ4v) is 5.27. The number of aromatic nitrogens is 1. The van der Waals surface area contributed by atoms with Gasteiger partial charge in [-0.2, -0.15) is 0 Å². The van der Waals surface area contributed by atoms with Gasteiger partial charge in [0.05, 0.1) is 0 Å². The Labute approximate surface area is 202 Å². The number of nitrogens with one attached hydrogen (secondary N) is 3. The number of likely N-dealkylation sites (tertiary alicyclic amines) is 2. The summed E-state index contributed by atoms with van der Waals surface area (Å²) in [6.45, 7) is 7.12. The zero-order valence-corrected chi connectivity index (χ0v) is 20.5. The fraction of sp³-hybridized carbons (Fsp3) is 0.720. The summed E-state index contributed by atoms with van der Waals surface area (Å²) in [5.74, 6) is 1.14. The second kappa shape index (κ2) is 11.9. The molecular formula is C25H40FN7O. The molecule has 4 rings (SSSR count). The second-order valence-corrected chi connectivity index (χ2v) is 9.87. The van der Waals surface area contributed by atoms with E-state index in [1.807, 2.05) is 12.1 Å². The van der Waals surface area contributed by atoms with E-state index in [9.17, 15) is 9.18 Å². The molecule has 1 aromatic heterocycles. The maximum Gasteiger partial charge on any atom is 0.270 e. The van der Waals surface area contributed by atoms with Crippen LogP contribution in [0, 0.1) is 5.41 Å². The molecule has 3 aliphatic heterocycles. The molecule has 8 nitrogen and oxygen atoms in total. The molecule has 3 N–H and O–H groups in total. The minimum Gasteiger partial charge on any atom is -0.373 e. The first-order valence-corrected chi connectivity index (χ1v) is 13.0. The van der Waals surface area contributed by atoms with E-state index in [4.69, 9.17) is 10.4 Å². The van der Waals surface area contributed by atoms with E-state index in [0.717, 1.165) is 64.5 Å². The van der Waals surface area contributed by atoms with Crippen molar-refractivity contribution < 1.29 is 9.18 Å². The van der Waals surface area contributed by atoms with Crippen LogP contribution in [0.3, 0.4) is 0 Å². The molecule has 0 bridgehead atoms. The number of piperidine rings is 1. The number of carbonyl (C=O) groups excluding carboxylic acids is 1. The van der Waals surface area contributed by atoms with E-state index in [1.54, 1.807) is 7.05 Å². The summed E-state index contributed by atoms with van der Waals surface area (Å²) in [6, 6.07) is 3.87. The highest BCUT2D eigenvalue weighted by atomic mass is 19.1. The van der Waals surface area contributed by atoms with Gasteiger partial charge < -0.3 is 20.4 Å². The molecule has 0 saturated carbocycles. The average molecular weight is 474 g/mol. The maximum atomic E-state index is 13.3. The molecule has 0 aromatic carbocycles. The van der Waals surface area contributed by atoms with Crippen LogP contribution in [0.15, 0.2) is 12.1 Å². The summed E-state index contributed by atoms with van der Waals surface area (Å²) in [6.07, 6.45) is 6.60. The van der Waals surface area contributed by atoms with Gasteiger partial charge in [0.15, 0.2) is 0 Å². The first-order valence-electron chi connectivity index (χ1n) is 13.0. The van der Waals surface area contributed by atoms with E-state index in [1.165, 1.54) is 25.7 Å². The van der Waals surface area contributed by atoms with Gasteiger partial charge in [0.2, 0.25) is 0 Å². The number of amides is 1. The van der Waals surface area contributed by atoms with Crippen LogP contribution in [0.4, 0.5) is 16.0 Å². The second-order valence-electron chi connectivity index (χ2n) is 9.87. The number of anilines is 2. The third kappa shape index (κ3) is 6.44. The number of alkyl halides is 1. The summed E-state index contributed by atoms with van der Waals surface area (Å²) >= 11 is 0. The molecule has 3 fully saturated rings. The zero-order chi connectivity index (χ0) is 23.9. The van der Waals surface area contributed by atoms with Crippen molar-refractivity contribution in [1.82, 2.24) is 20.1 Å². The van der Waals surface area contributed by atoms with Gasteiger partial charge in [0.1, 0.15) is 23.5 Å². The van der Waals surface area contributed by atoms with E-state index in [2.05, 4.69) is 25.3 Å². The molecule has 3 saturated heterocycles. The Kier molecular flexibility index (Phi) is 8.72. The van der Waals surface area contributed by atoms with Crippen molar-refractivity contribution in [3.8, 4) is 0 Å². The van der Waals surface area contributed by atoms with Gasteiger partial charge in [-0.3, -0.25) is 15.1 Å². The number of hydrogen-bond acceptors (Lipinski definition) is 7. The molecular weight excluding hydrogens is 433 g/mol. The van der Waals surface area contributed by atoms with Gasteiger partial charge in [-0.05, 0) is 44.2 Å². The van der Waals surface area contributed by atoms with Crippen molar-refractivity contribution in [1.29, 1.82) is 5.41 Å². The van der Waals surface area contributed by atoms with Crippen molar-refractivity contribution in [2.24, 2.45) is 0 Å². The topological polar surface area (TPSA) is 87.6 Å². The highest BCUT2D eigenvalue weighted by Gasteiger charge is 2.26. The number of hydrogen-bond donors (Lipinski definition) is 3. The monoisotopic (exact) mass is 473 g/mol. The number of halogens is 1. The summed E-state index contributed by atoms with van der Waals surface area (Å²) in [7, 11) is 1.79. The third-order valence-electron chi connectivity index (χ3n) is 7.41. The predicted molar refractivity (Wildman–Crippen MR) is 135 cm³/mol. The standard InChI is InChI=1S/C25H40FN7O/c1-28-24-21(6-7-22(30-24)33-11-4-2-3-5-12-33)23(27)25(34)29-20-9-14-31(15-10-20)16-17-32-13-8-19(26)18-32/h6-7,19-20,27H,2-5,8-18H2,1H3,(H,28,30)(H,29,34). The Morgan fingerprint density at radius 1 is 1.03 bits per heavy atom. The van der Waals surface area contributed by atoms with Crippen molar-refractivity contribution in [3.05, 3.63) is 17.7 Å². The number of carbonyl (C=O) groups is 1. The zero-order valence-electron chi connectivity index (χ0n) is 20.5. The molecule has 1 aromatic rings. The minimum atomic E-state index is -0.666. The Balaban J connectivity index is 1.26. The normalized spacial score (nSPS) is 23.0. The van der Waals surface area contributed by atoms with Gasteiger partial charge in [0.25, 0.3) is 5.91 Å². The lowest BCUT2D eigenvalue weighted by Crippen LogP contribution is -2.47.